The van der Waals surface area contributed by atoms with Crippen molar-refractivity contribution in [3.63, 3.8) is 0 Å². The lowest BCUT2D eigenvalue weighted by Gasteiger charge is -2.09. The second-order valence-corrected chi connectivity index (χ2v) is 5.14. The maximum absolute atomic E-state index is 13.5. The first-order valence-corrected chi connectivity index (χ1v) is 6.85. The molecule has 22 heavy (non-hydrogen) atoms. The molecule has 1 rings (SSSR count). The van der Waals surface area contributed by atoms with Crippen LogP contribution in [0.2, 0.25) is 5.02 Å². The van der Waals surface area contributed by atoms with Crippen molar-refractivity contribution in [2.75, 3.05) is 13.2 Å². The van der Waals surface area contributed by atoms with Crippen molar-refractivity contribution >= 4 is 29.4 Å². The second kappa shape index (κ2) is 8.33. The van der Waals surface area contributed by atoms with Gasteiger partial charge in [-0.3, -0.25) is 9.59 Å². The maximum Gasteiger partial charge on any atom is 0.341 e. The Balaban J connectivity index is 2.40. The smallest absolute Gasteiger partial charge is 0.341 e. The van der Waals surface area contributed by atoms with Gasteiger partial charge in [0.05, 0.1) is 12.1 Å². The van der Waals surface area contributed by atoms with Crippen LogP contribution in [0, 0.1) is 5.82 Å². The van der Waals surface area contributed by atoms with E-state index in [4.69, 9.17) is 11.6 Å². The molecule has 0 aliphatic heterocycles. The van der Waals surface area contributed by atoms with Crippen molar-refractivity contribution in [1.29, 1.82) is 0 Å². The number of carbonyl (C=O) groups is 3. The third kappa shape index (κ3) is 6.09. The Morgan fingerprint density at radius 3 is 2.55 bits per heavy atom. The molecular weight excluding hydrogens is 315 g/mol. The summed E-state index contributed by atoms with van der Waals surface area (Å²) in [6.45, 7) is 2.71. The number of nitrogens with one attached hydrogen (secondary N) is 2. The summed E-state index contributed by atoms with van der Waals surface area (Å²) in [5.74, 6) is -2.86. The minimum atomic E-state index is -0.990. The molecule has 0 unspecified atom stereocenters. The van der Waals surface area contributed by atoms with E-state index in [1.54, 1.807) is 13.8 Å². The maximum atomic E-state index is 13.5. The average Bonchev–Trinajstić information content (AvgIpc) is 2.41. The van der Waals surface area contributed by atoms with Crippen LogP contribution in [0.1, 0.15) is 24.2 Å². The highest BCUT2D eigenvalue weighted by Gasteiger charge is 2.15. The quantitative estimate of drug-likeness (QED) is 0.769. The molecule has 0 aliphatic rings. The highest BCUT2D eigenvalue weighted by Crippen LogP contribution is 2.15. The van der Waals surface area contributed by atoms with Crippen molar-refractivity contribution in [2.24, 2.45) is 0 Å². The lowest BCUT2D eigenvalue weighted by Crippen LogP contribution is -2.41. The summed E-state index contributed by atoms with van der Waals surface area (Å²) >= 11 is 5.56. The summed E-state index contributed by atoms with van der Waals surface area (Å²) in [7, 11) is 0. The van der Waals surface area contributed by atoms with Crippen LogP contribution in [-0.4, -0.2) is 37.0 Å². The van der Waals surface area contributed by atoms with Gasteiger partial charge in [0.2, 0.25) is 5.91 Å². The number of esters is 1. The zero-order valence-corrected chi connectivity index (χ0v) is 12.9. The largest absolute Gasteiger partial charge is 0.452 e. The SMILES string of the molecule is CC(C)NC(=O)CNC(=O)COC(=O)c1ccc(Cl)cc1F. The molecule has 0 radical (unpaired) electrons. The van der Waals surface area contributed by atoms with E-state index in [0.29, 0.717) is 0 Å². The molecule has 0 saturated heterocycles. The molecule has 8 heteroatoms. The molecule has 0 atom stereocenters. The summed E-state index contributed by atoms with van der Waals surface area (Å²) in [6.07, 6.45) is 0. The van der Waals surface area contributed by atoms with Crippen LogP contribution in [0.5, 0.6) is 0 Å². The van der Waals surface area contributed by atoms with Gasteiger partial charge in [-0.05, 0) is 32.0 Å². The molecule has 1 aromatic rings. The van der Waals surface area contributed by atoms with E-state index < -0.39 is 24.3 Å². The highest BCUT2D eigenvalue weighted by atomic mass is 35.5. The van der Waals surface area contributed by atoms with Gasteiger partial charge in [0.15, 0.2) is 6.61 Å². The van der Waals surface area contributed by atoms with E-state index >= 15 is 0 Å². The topological polar surface area (TPSA) is 84.5 Å². The third-order valence-corrected chi connectivity index (χ3v) is 2.62. The number of rotatable bonds is 6. The normalized spacial score (nSPS) is 10.2. The summed E-state index contributed by atoms with van der Waals surface area (Å²) in [5, 5.41) is 4.99. The summed E-state index contributed by atoms with van der Waals surface area (Å²) in [6, 6.07) is 3.41. The van der Waals surface area contributed by atoms with E-state index in [1.807, 2.05) is 0 Å². The van der Waals surface area contributed by atoms with Crippen LogP contribution in [0.25, 0.3) is 0 Å². The van der Waals surface area contributed by atoms with Crippen LogP contribution >= 0.6 is 11.6 Å². The number of hydrogen-bond acceptors (Lipinski definition) is 4. The molecule has 2 amide bonds. The van der Waals surface area contributed by atoms with E-state index in [2.05, 4.69) is 15.4 Å². The molecule has 0 aromatic heterocycles. The van der Waals surface area contributed by atoms with E-state index in [1.165, 1.54) is 6.07 Å². The molecule has 0 spiro atoms. The van der Waals surface area contributed by atoms with Gasteiger partial charge in [-0.15, -0.1) is 0 Å². The molecule has 2 N–H and O–H groups in total. The molecule has 0 aliphatic carbocycles. The van der Waals surface area contributed by atoms with Crippen molar-refractivity contribution in [3.05, 3.63) is 34.6 Å². The predicted octanol–water partition coefficient (Wildman–Crippen LogP) is 1.28. The molecule has 120 valence electrons. The number of hydrogen-bond donors (Lipinski definition) is 2. The number of amides is 2. The zero-order chi connectivity index (χ0) is 16.7. The Hall–Kier alpha value is -2.15. The number of halogens is 2. The van der Waals surface area contributed by atoms with Gasteiger partial charge in [0.25, 0.3) is 5.91 Å². The Labute approximate surface area is 132 Å². The number of benzene rings is 1. The van der Waals surface area contributed by atoms with Gasteiger partial charge >= 0.3 is 5.97 Å². The van der Waals surface area contributed by atoms with Crippen LogP contribution < -0.4 is 10.6 Å². The van der Waals surface area contributed by atoms with Gasteiger partial charge in [-0.2, -0.15) is 0 Å². The third-order valence-electron chi connectivity index (χ3n) is 2.38. The van der Waals surface area contributed by atoms with Crippen LogP contribution in [0.15, 0.2) is 18.2 Å². The summed E-state index contributed by atoms with van der Waals surface area (Å²) in [5.41, 5.74) is -0.324. The van der Waals surface area contributed by atoms with Crippen LogP contribution in [-0.2, 0) is 14.3 Å². The molecule has 6 nitrogen and oxygen atoms in total. The van der Waals surface area contributed by atoms with Gasteiger partial charge in [0, 0.05) is 11.1 Å². The van der Waals surface area contributed by atoms with Gasteiger partial charge < -0.3 is 15.4 Å². The minimum Gasteiger partial charge on any atom is -0.452 e. The molecule has 0 saturated carbocycles. The number of ether oxygens (including phenoxy) is 1. The van der Waals surface area contributed by atoms with Crippen molar-refractivity contribution < 1.29 is 23.5 Å². The molecular formula is C14H16ClFN2O4. The van der Waals surface area contributed by atoms with Crippen LogP contribution in [0.3, 0.4) is 0 Å². The fourth-order valence-corrected chi connectivity index (χ4v) is 1.63. The molecule has 1 aromatic carbocycles. The predicted molar refractivity (Wildman–Crippen MR) is 78.0 cm³/mol. The Morgan fingerprint density at radius 1 is 1.27 bits per heavy atom. The summed E-state index contributed by atoms with van der Waals surface area (Å²) in [4.78, 5) is 34.3. The van der Waals surface area contributed by atoms with Crippen molar-refractivity contribution in [1.82, 2.24) is 10.6 Å². The Morgan fingerprint density at radius 2 is 1.95 bits per heavy atom. The number of carbonyl (C=O) groups excluding carboxylic acids is 3. The van der Waals surface area contributed by atoms with Crippen LogP contribution in [0.4, 0.5) is 4.39 Å². The Bertz CT molecular complexity index is 578. The van der Waals surface area contributed by atoms with Gasteiger partial charge in [-0.1, -0.05) is 11.6 Å². The summed E-state index contributed by atoms with van der Waals surface area (Å²) < 4.78 is 18.1. The lowest BCUT2D eigenvalue weighted by molar-refractivity contribution is -0.128. The van der Waals surface area contributed by atoms with E-state index in [0.717, 1.165) is 12.1 Å². The fraction of sp³-hybridized carbons (Fsp3) is 0.357. The zero-order valence-electron chi connectivity index (χ0n) is 12.1. The van der Waals surface area contributed by atoms with Gasteiger partial charge in [-0.25, -0.2) is 9.18 Å². The molecule has 0 heterocycles. The van der Waals surface area contributed by atoms with Crippen molar-refractivity contribution in [3.8, 4) is 0 Å². The van der Waals surface area contributed by atoms with E-state index in [9.17, 15) is 18.8 Å². The van der Waals surface area contributed by atoms with Crippen molar-refractivity contribution in [2.45, 2.75) is 19.9 Å². The standard InChI is InChI=1S/C14H16ClFN2O4/c1-8(2)18-12(19)6-17-13(20)7-22-14(21)10-4-3-9(15)5-11(10)16/h3-5,8H,6-7H2,1-2H3,(H,17,20)(H,18,19). The Kier molecular flexibility index (Phi) is 6.78. The molecule has 0 fully saturated rings. The first-order chi connectivity index (χ1) is 10.3. The highest BCUT2D eigenvalue weighted by molar-refractivity contribution is 6.30. The second-order valence-electron chi connectivity index (χ2n) is 4.70. The first-order valence-electron chi connectivity index (χ1n) is 6.48. The monoisotopic (exact) mass is 330 g/mol. The fourth-order valence-electron chi connectivity index (χ4n) is 1.47. The molecule has 0 bridgehead atoms. The minimum absolute atomic E-state index is 0.0462. The van der Waals surface area contributed by atoms with E-state index in [-0.39, 0.29) is 29.1 Å². The first kappa shape index (κ1) is 17.9. The lowest BCUT2D eigenvalue weighted by atomic mass is 10.2. The van der Waals surface area contributed by atoms with Gasteiger partial charge in [0.1, 0.15) is 5.82 Å². The average molecular weight is 331 g/mol.